The first-order valence-corrected chi connectivity index (χ1v) is 8.71. The molecule has 0 aliphatic rings. The minimum atomic E-state index is -0.689. The van der Waals surface area contributed by atoms with Crippen molar-refractivity contribution in [2.75, 3.05) is 0 Å². The fraction of sp³-hybridized carbons (Fsp3) is 0.833. The minimum absolute atomic E-state index is 0. The zero-order valence-electron chi connectivity index (χ0n) is 14.4. The van der Waals surface area contributed by atoms with Gasteiger partial charge in [0.15, 0.2) is 0 Å². The third-order valence-corrected chi connectivity index (χ3v) is 3.73. The first-order chi connectivity index (χ1) is 10.2. The Morgan fingerprint density at radius 3 is 2.27 bits per heavy atom. The van der Waals surface area contributed by atoms with Gasteiger partial charge in [-0.05, 0) is 32.1 Å². The van der Waals surface area contributed by atoms with E-state index in [-0.39, 0.29) is 32.3 Å². The molecule has 0 aromatic rings. The molecule has 0 saturated carbocycles. The standard InChI is InChI=1S/C18H34O3.Bi.3H/c1-2-3-4-11-14-17(19)15-12-9-7-5-6-8-10-13-16-18(20)21;;;;/h9,12,17,19H,2-8,10-11,13-16H2,1H3,(H,20,21);;;;/b12-9-;;;;/t17-;;;;/m1..../s1. The first kappa shape index (κ1) is 24.3. The molecule has 0 fully saturated rings. The van der Waals surface area contributed by atoms with Gasteiger partial charge in [-0.15, -0.1) is 0 Å². The van der Waals surface area contributed by atoms with E-state index in [0.717, 1.165) is 51.4 Å². The van der Waals surface area contributed by atoms with Gasteiger partial charge in [0.1, 0.15) is 0 Å². The van der Waals surface area contributed by atoms with Crippen molar-refractivity contribution in [2.24, 2.45) is 0 Å². The van der Waals surface area contributed by atoms with Crippen molar-refractivity contribution >= 4 is 32.2 Å². The Morgan fingerprint density at radius 2 is 1.59 bits per heavy atom. The number of carboxylic acids is 1. The van der Waals surface area contributed by atoms with Crippen LogP contribution < -0.4 is 0 Å². The molecule has 0 aromatic heterocycles. The molecule has 0 aromatic carbocycles. The van der Waals surface area contributed by atoms with Crippen LogP contribution in [-0.4, -0.2) is 48.5 Å². The summed E-state index contributed by atoms with van der Waals surface area (Å²) >= 11 is 0. The van der Waals surface area contributed by atoms with Gasteiger partial charge in [0, 0.05) is 6.42 Å². The van der Waals surface area contributed by atoms with Gasteiger partial charge < -0.3 is 10.2 Å². The van der Waals surface area contributed by atoms with Crippen molar-refractivity contribution in [1.82, 2.24) is 0 Å². The number of hydrogen-bond donors (Lipinski definition) is 2. The second-order valence-electron chi connectivity index (χ2n) is 5.91. The molecule has 4 heteroatoms. The first-order valence-electron chi connectivity index (χ1n) is 8.71. The van der Waals surface area contributed by atoms with Gasteiger partial charge >= 0.3 is 32.2 Å². The molecule has 0 unspecified atom stereocenters. The van der Waals surface area contributed by atoms with Crippen LogP contribution in [0.3, 0.4) is 0 Å². The SMILES string of the molecule is CCCCCC[C@@H](O)C/C=C\CCCCCCCC(=O)O.[BiH3]. The Balaban J connectivity index is 0. The Hall–Kier alpha value is 0.0531. The van der Waals surface area contributed by atoms with Gasteiger partial charge in [0.25, 0.3) is 0 Å². The quantitative estimate of drug-likeness (QED) is 0.200. The average Bonchev–Trinajstić information content (AvgIpc) is 2.45. The number of aliphatic hydroxyl groups is 1. The summed E-state index contributed by atoms with van der Waals surface area (Å²) < 4.78 is 0. The zero-order chi connectivity index (χ0) is 15.8. The van der Waals surface area contributed by atoms with E-state index >= 15 is 0 Å². The summed E-state index contributed by atoms with van der Waals surface area (Å²) in [6.07, 6.45) is 17.4. The topological polar surface area (TPSA) is 57.5 Å². The third kappa shape index (κ3) is 20.1. The predicted octanol–water partition coefficient (Wildman–Crippen LogP) is 3.90. The third-order valence-electron chi connectivity index (χ3n) is 3.73. The molecule has 132 valence electrons. The summed E-state index contributed by atoms with van der Waals surface area (Å²) in [5.41, 5.74) is 0. The van der Waals surface area contributed by atoms with Crippen molar-refractivity contribution in [1.29, 1.82) is 0 Å². The van der Waals surface area contributed by atoms with E-state index < -0.39 is 5.97 Å². The number of aliphatic carboxylic acids is 1. The normalized spacial score (nSPS) is 12.3. The molecular weight excluding hydrogens is 473 g/mol. The molecule has 3 nitrogen and oxygen atoms in total. The summed E-state index contributed by atoms with van der Waals surface area (Å²) in [6.45, 7) is 2.20. The molecule has 0 rings (SSSR count). The Kier molecular flexibility index (Phi) is 21.1. The summed E-state index contributed by atoms with van der Waals surface area (Å²) in [5, 5.41) is 18.3. The summed E-state index contributed by atoms with van der Waals surface area (Å²) in [4.78, 5) is 10.3. The number of allylic oxidation sites excluding steroid dienone is 1. The van der Waals surface area contributed by atoms with E-state index in [4.69, 9.17) is 5.11 Å². The number of aliphatic hydroxyl groups excluding tert-OH is 1. The van der Waals surface area contributed by atoms with Gasteiger partial charge in [-0.1, -0.05) is 64.0 Å². The van der Waals surface area contributed by atoms with Crippen LogP contribution in [0.2, 0.25) is 0 Å². The number of rotatable bonds is 15. The Morgan fingerprint density at radius 1 is 0.955 bits per heavy atom. The van der Waals surface area contributed by atoms with Crippen molar-refractivity contribution in [3.05, 3.63) is 12.2 Å². The Bertz CT molecular complexity index is 267. The predicted molar refractivity (Wildman–Crippen MR) is 98.4 cm³/mol. The van der Waals surface area contributed by atoms with E-state index in [1.54, 1.807) is 0 Å². The molecule has 0 heterocycles. The van der Waals surface area contributed by atoms with Gasteiger partial charge in [-0.3, -0.25) is 4.79 Å². The second-order valence-corrected chi connectivity index (χ2v) is 5.91. The molecule has 0 aliphatic heterocycles. The van der Waals surface area contributed by atoms with Gasteiger partial charge in [0.2, 0.25) is 0 Å². The van der Waals surface area contributed by atoms with Crippen molar-refractivity contribution < 1.29 is 15.0 Å². The Labute approximate surface area is 155 Å². The number of hydrogen-bond acceptors (Lipinski definition) is 2. The average molecular weight is 510 g/mol. The molecule has 2 N–H and O–H groups in total. The maximum absolute atomic E-state index is 10.3. The van der Waals surface area contributed by atoms with E-state index in [9.17, 15) is 9.90 Å². The van der Waals surface area contributed by atoms with Gasteiger partial charge in [-0.25, -0.2) is 0 Å². The molecule has 0 saturated heterocycles. The molecule has 0 spiro atoms. The van der Waals surface area contributed by atoms with Crippen molar-refractivity contribution in [2.45, 2.75) is 96.5 Å². The second kappa shape index (κ2) is 19.1. The molecule has 0 bridgehead atoms. The fourth-order valence-corrected chi connectivity index (χ4v) is 2.36. The van der Waals surface area contributed by atoms with Crippen LogP contribution in [0.25, 0.3) is 0 Å². The van der Waals surface area contributed by atoms with Crippen LogP contribution in [0.5, 0.6) is 0 Å². The number of unbranched alkanes of at least 4 members (excludes halogenated alkanes) is 8. The van der Waals surface area contributed by atoms with E-state index in [0.29, 0.717) is 6.42 Å². The summed E-state index contributed by atoms with van der Waals surface area (Å²) in [7, 11) is 0. The van der Waals surface area contributed by atoms with E-state index in [1.807, 2.05) is 0 Å². The van der Waals surface area contributed by atoms with Crippen LogP contribution in [0.15, 0.2) is 12.2 Å². The van der Waals surface area contributed by atoms with Crippen LogP contribution in [0, 0.1) is 0 Å². The monoisotopic (exact) mass is 510 g/mol. The van der Waals surface area contributed by atoms with Gasteiger partial charge in [-0.2, -0.15) is 0 Å². The van der Waals surface area contributed by atoms with E-state index in [2.05, 4.69) is 19.1 Å². The molecule has 0 aliphatic carbocycles. The van der Waals surface area contributed by atoms with Crippen LogP contribution in [0.1, 0.15) is 90.4 Å². The van der Waals surface area contributed by atoms with E-state index in [1.165, 1.54) is 25.7 Å². The van der Waals surface area contributed by atoms with Crippen LogP contribution in [0.4, 0.5) is 0 Å². The fourth-order valence-electron chi connectivity index (χ4n) is 2.36. The van der Waals surface area contributed by atoms with Gasteiger partial charge in [0.05, 0.1) is 6.10 Å². The van der Waals surface area contributed by atoms with Crippen LogP contribution in [-0.2, 0) is 4.79 Å². The molecule has 22 heavy (non-hydrogen) atoms. The molecule has 0 radical (unpaired) electrons. The van der Waals surface area contributed by atoms with Crippen LogP contribution >= 0.6 is 0 Å². The molecule has 0 amide bonds. The van der Waals surface area contributed by atoms with Crippen molar-refractivity contribution in [3.8, 4) is 0 Å². The maximum atomic E-state index is 10.3. The zero-order valence-corrected chi connectivity index (χ0v) is 19.9. The number of carbonyl (C=O) groups is 1. The summed E-state index contributed by atoms with van der Waals surface area (Å²) in [5.74, 6) is -0.689. The summed E-state index contributed by atoms with van der Waals surface area (Å²) in [6, 6.07) is 0. The number of carboxylic acid groups (broad SMARTS) is 1. The molecular formula is C18H37BiO3. The molecule has 1 atom stereocenters. The van der Waals surface area contributed by atoms with Crippen molar-refractivity contribution in [3.63, 3.8) is 0 Å².